The number of anilines is 2. The highest BCUT2D eigenvalue weighted by Crippen LogP contribution is 2.24. The fraction of sp³-hybridized carbons (Fsp3) is 0.188. The van der Waals surface area contributed by atoms with Gasteiger partial charge in [-0.3, -0.25) is 0 Å². The summed E-state index contributed by atoms with van der Waals surface area (Å²) in [4.78, 5) is 0. The number of thiocarbonyl (C=S) groups is 1. The van der Waals surface area contributed by atoms with Gasteiger partial charge in [-0.15, -0.1) is 0 Å². The third-order valence-corrected chi connectivity index (χ3v) is 4.09. The third kappa shape index (κ3) is 3.58. The first-order chi connectivity index (χ1) is 9.47. The largest absolute Gasteiger partial charge is 0.332 e. The Kier molecular flexibility index (Phi) is 4.78. The Labute approximate surface area is 133 Å². The SMILES string of the molecule is Cc1ccc(NC(=S)Nc2cccc(C)c2C)c(Br)c1. The molecule has 0 amide bonds. The smallest absolute Gasteiger partial charge is 0.175 e. The quantitative estimate of drug-likeness (QED) is 0.730. The highest BCUT2D eigenvalue weighted by atomic mass is 79.9. The standard InChI is InChI=1S/C16H17BrN2S/c1-10-7-8-15(13(17)9-10)19-16(20)18-14-6-4-5-11(2)12(14)3/h4-9H,1-3H3,(H2,18,19,20). The number of benzene rings is 2. The zero-order valence-corrected chi connectivity index (χ0v) is 14.2. The molecular formula is C16H17BrN2S. The van der Waals surface area contributed by atoms with Crippen molar-refractivity contribution in [2.75, 3.05) is 10.6 Å². The average molecular weight is 349 g/mol. The number of aryl methyl sites for hydroxylation is 2. The molecule has 0 saturated carbocycles. The van der Waals surface area contributed by atoms with E-state index in [1.807, 2.05) is 24.3 Å². The monoisotopic (exact) mass is 348 g/mol. The Balaban J connectivity index is 2.11. The maximum absolute atomic E-state index is 5.37. The van der Waals surface area contributed by atoms with Crippen molar-refractivity contribution in [2.45, 2.75) is 20.8 Å². The van der Waals surface area contributed by atoms with E-state index >= 15 is 0 Å². The Morgan fingerprint density at radius 3 is 2.40 bits per heavy atom. The van der Waals surface area contributed by atoms with Crippen LogP contribution in [0, 0.1) is 20.8 Å². The molecule has 0 aliphatic rings. The highest BCUT2D eigenvalue weighted by Gasteiger charge is 2.05. The molecule has 0 fully saturated rings. The average Bonchev–Trinajstić information content (AvgIpc) is 2.38. The fourth-order valence-electron chi connectivity index (χ4n) is 1.88. The van der Waals surface area contributed by atoms with Crippen LogP contribution in [0.1, 0.15) is 16.7 Å². The molecular weight excluding hydrogens is 332 g/mol. The van der Waals surface area contributed by atoms with Gasteiger partial charge in [-0.1, -0.05) is 18.2 Å². The fourth-order valence-corrected chi connectivity index (χ4v) is 2.70. The van der Waals surface area contributed by atoms with Crippen molar-refractivity contribution in [1.82, 2.24) is 0 Å². The van der Waals surface area contributed by atoms with Crippen molar-refractivity contribution in [3.05, 3.63) is 57.6 Å². The second-order valence-electron chi connectivity index (χ2n) is 4.81. The second kappa shape index (κ2) is 6.37. The van der Waals surface area contributed by atoms with Crippen LogP contribution in [0.3, 0.4) is 0 Å². The Morgan fingerprint density at radius 2 is 1.70 bits per heavy atom. The molecule has 2 N–H and O–H groups in total. The summed E-state index contributed by atoms with van der Waals surface area (Å²) < 4.78 is 1.00. The number of rotatable bonds is 2. The number of halogens is 1. The molecule has 4 heteroatoms. The van der Waals surface area contributed by atoms with Crippen molar-refractivity contribution in [2.24, 2.45) is 0 Å². The third-order valence-electron chi connectivity index (χ3n) is 3.23. The summed E-state index contributed by atoms with van der Waals surface area (Å²) in [7, 11) is 0. The van der Waals surface area contributed by atoms with Crippen LogP contribution in [0.15, 0.2) is 40.9 Å². The Bertz CT molecular complexity index is 653. The number of hydrogen-bond donors (Lipinski definition) is 2. The zero-order valence-electron chi connectivity index (χ0n) is 11.8. The lowest BCUT2D eigenvalue weighted by Crippen LogP contribution is -2.20. The van der Waals surface area contributed by atoms with E-state index in [0.717, 1.165) is 15.8 Å². The predicted molar refractivity (Wildman–Crippen MR) is 94.6 cm³/mol. The minimum Gasteiger partial charge on any atom is -0.332 e. The van der Waals surface area contributed by atoms with Crippen LogP contribution in [0.5, 0.6) is 0 Å². The molecule has 0 aliphatic carbocycles. The number of nitrogens with one attached hydrogen (secondary N) is 2. The van der Waals surface area contributed by atoms with Crippen molar-refractivity contribution in [1.29, 1.82) is 0 Å². The van der Waals surface area contributed by atoms with Crippen LogP contribution in [0.4, 0.5) is 11.4 Å². The zero-order chi connectivity index (χ0) is 14.7. The van der Waals surface area contributed by atoms with E-state index < -0.39 is 0 Å². The molecule has 0 unspecified atom stereocenters. The molecule has 2 aromatic carbocycles. The van der Waals surface area contributed by atoms with Crippen molar-refractivity contribution < 1.29 is 0 Å². The Morgan fingerprint density at radius 1 is 1.00 bits per heavy atom. The minimum atomic E-state index is 0.586. The molecule has 0 heterocycles. The van der Waals surface area contributed by atoms with Crippen LogP contribution < -0.4 is 10.6 Å². The van der Waals surface area contributed by atoms with E-state index in [2.05, 4.69) is 59.5 Å². The van der Waals surface area contributed by atoms with E-state index in [1.54, 1.807) is 0 Å². The normalized spacial score (nSPS) is 10.2. The van der Waals surface area contributed by atoms with Gasteiger partial charge in [-0.25, -0.2) is 0 Å². The molecule has 104 valence electrons. The molecule has 0 bridgehead atoms. The maximum atomic E-state index is 5.37. The van der Waals surface area contributed by atoms with E-state index in [9.17, 15) is 0 Å². The lowest BCUT2D eigenvalue weighted by Gasteiger charge is -2.14. The summed E-state index contributed by atoms with van der Waals surface area (Å²) in [5.41, 5.74) is 5.65. The van der Waals surface area contributed by atoms with Crippen LogP contribution in [-0.2, 0) is 0 Å². The molecule has 2 aromatic rings. The van der Waals surface area contributed by atoms with Gasteiger partial charge in [-0.2, -0.15) is 0 Å². The first-order valence-corrected chi connectivity index (χ1v) is 7.58. The summed E-state index contributed by atoms with van der Waals surface area (Å²) in [6.07, 6.45) is 0. The molecule has 20 heavy (non-hydrogen) atoms. The lowest BCUT2D eigenvalue weighted by molar-refractivity contribution is 1.34. The highest BCUT2D eigenvalue weighted by molar-refractivity contribution is 9.10. The van der Waals surface area contributed by atoms with Crippen molar-refractivity contribution in [3.63, 3.8) is 0 Å². The Hall–Kier alpha value is -1.39. The van der Waals surface area contributed by atoms with Gasteiger partial charge in [0, 0.05) is 10.2 Å². The summed E-state index contributed by atoms with van der Waals surface area (Å²) in [6.45, 7) is 6.23. The van der Waals surface area contributed by atoms with E-state index in [1.165, 1.54) is 16.7 Å². The van der Waals surface area contributed by atoms with Gasteiger partial charge in [-0.05, 0) is 83.8 Å². The molecule has 2 rings (SSSR count). The topological polar surface area (TPSA) is 24.1 Å². The van der Waals surface area contributed by atoms with Gasteiger partial charge in [0.25, 0.3) is 0 Å². The van der Waals surface area contributed by atoms with E-state index in [-0.39, 0.29) is 0 Å². The molecule has 0 radical (unpaired) electrons. The molecule has 0 saturated heterocycles. The van der Waals surface area contributed by atoms with Gasteiger partial charge >= 0.3 is 0 Å². The van der Waals surface area contributed by atoms with Gasteiger partial charge in [0.15, 0.2) is 5.11 Å². The lowest BCUT2D eigenvalue weighted by atomic mass is 10.1. The van der Waals surface area contributed by atoms with Crippen LogP contribution in [0.25, 0.3) is 0 Å². The second-order valence-corrected chi connectivity index (χ2v) is 6.07. The molecule has 0 atom stereocenters. The first-order valence-electron chi connectivity index (χ1n) is 6.38. The molecule has 2 nitrogen and oxygen atoms in total. The summed E-state index contributed by atoms with van der Waals surface area (Å²) in [5, 5.41) is 7.03. The predicted octanol–water partition coefficient (Wildman–Crippen LogP) is 5.18. The summed E-state index contributed by atoms with van der Waals surface area (Å²) >= 11 is 8.91. The molecule has 0 aliphatic heterocycles. The van der Waals surface area contributed by atoms with Crippen LogP contribution >= 0.6 is 28.1 Å². The van der Waals surface area contributed by atoms with Crippen LogP contribution in [-0.4, -0.2) is 5.11 Å². The minimum absolute atomic E-state index is 0.586. The van der Waals surface area contributed by atoms with Crippen molar-refractivity contribution >= 4 is 44.6 Å². The van der Waals surface area contributed by atoms with Crippen LogP contribution in [0.2, 0.25) is 0 Å². The van der Waals surface area contributed by atoms with Gasteiger partial charge in [0.2, 0.25) is 0 Å². The summed E-state index contributed by atoms with van der Waals surface area (Å²) in [5.74, 6) is 0. The van der Waals surface area contributed by atoms with E-state index in [0.29, 0.717) is 5.11 Å². The first kappa shape index (κ1) is 15.0. The van der Waals surface area contributed by atoms with Crippen molar-refractivity contribution in [3.8, 4) is 0 Å². The molecule has 0 aromatic heterocycles. The molecule has 0 spiro atoms. The maximum Gasteiger partial charge on any atom is 0.175 e. The number of hydrogen-bond acceptors (Lipinski definition) is 1. The van der Waals surface area contributed by atoms with Gasteiger partial charge in [0.1, 0.15) is 0 Å². The van der Waals surface area contributed by atoms with E-state index in [4.69, 9.17) is 12.2 Å². The van der Waals surface area contributed by atoms with Gasteiger partial charge < -0.3 is 10.6 Å². The van der Waals surface area contributed by atoms with Gasteiger partial charge in [0.05, 0.1) is 5.69 Å². The summed E-state index contributed by atoms with van der Waals surface area (Å²) in [6, 6.07) is 12.3.